The van der Waals surface area contributed by atoms with Gasteiger partial charge in [-0.25, -0.2) is 13.1 Å². The van der Waals surface area contributed by atoms with E-state index in [0.29, 0.717) is 38.1 Å². The van der Waals surface area contributed by atoms with Crippen LogP contribution in [-0.4, -0.2) is 80.4 Å². The number of aliphatic hydroxyl groups is 1. The van der Waals surface area contributed by atoms with Crippen molar-refractivity contribution in [3.05, 3.63) is 88.5 Å². The predicted octanol–water partition coefficient (Wildman–Crippen LogP) is 5.76. The molecule has 0 aromatic heterocycles. The lowest BCUT2D eigenvalue weighted by atomic mass is 9.89. The molecule has 47 heavy (non-hydrogen) atoms. The van der Waals surface area contributed by atoms with Crippen molar-refractivity contribution in [3.63, 3.8) is 0 Å². The summed E-state index contributed by atoms with van der Waals surface area (Å²) in [6.07, 6.45) is 4.66. The molecule has 0 bridgehead atoms. The highest BCUT2D eigenvalue weighted by atomic mass is 32.2. The molecule has 13 heteroatoms. The van der Waals surface area contributed by atoms with Gasteiger partial charge in [0.15, 0.2) is 0 Å². The number of unbranched alkanes of at least 4 members (excludes halogenated alkanes) is 1. The number of rotatable bonds is 16. The van der Waals surface area contributed by atoms with Crippen molar-refractivity contribution in [3.8, 4) is 0 Å². The molecular formula is C34H45N5O6S2. The first-order valence-electron chi connectivity index (χ1n) is 15.9. The number of benzene rings is 3. The second-order valence-electron chi connectivity index (χ2n) is 12.2. The average Bonchev–Trinajstić information content (AvgIpc) is 3.06. The first kappa shape index (κ1) is 36.2. The summed E-state index contributed by atoms with van der Waals surface area (Å²) in [5.74, 6) is -0.173. The van der Waals surface area contributed by atoms with Crippen LogP contribution in [0.15, 0.2) is 82.6 Å². The summed E-state index contributed by atoms with van der Waals surface area (Å²) in [4.78, 5) is 29.4. The number of amides is 1. The van der Waals surface area contributed by atoms with Gasteiger partial charge >= 0.3 is 0 Å². The quantitative estimate of drug-likeness (QED) is 0.0738. The summed E-state index contributed by atoms with van der Waals surface area (Å²) in [6, 6.07) is 20.0. The second-order valence-corrected chi connectivity index (χ2v) is 15.0. The Balaban J connectivity index is 1.44. The van der Waals surface area contributed by atoms with Gasteiger partial charge in [-0.1, -0.05) is 31.5 Å². The minimum atomic E-state index is -4.41. The third kappa shape index (κ3) is 10.4. The van der Waals surface area contributed by atoms with Crippen LogP contribution in [0.4, 0.5) is 17.1 Å². The molecule has 0 aliphatic carbocycles. The number of carbonyl (C=O) groups is 1. The first-order valence-corrected chi connectivity index (χ1v) is 18.4. The summed E-state index contributed by atoms with van der Waals surface area (Å²) in [6.45, 7) is 4.26. The topological polar surface area (TPSA) is 145 Å². The second kappa shape index (κ2) is 16.4. The van der Waals surface area contributed by atoms with E-state index < -0.39 is 26.5 Å². The molecule has 1 aliphatic rings. The number of carbonyl (C=O) groups excluding carboxylic acids is 1. The summed E-state index contributed by atoms with van der Waals surface area (Å²) < 4.78 is 28.5. The van der Waals surface area contributed by atoms with E-state index in [1.54, 1.807) is 36.0 Å². The fraction of sp³-hybridized carbons (Fsp3) is 0.441. The summed E-state index contributed by atoms with van der Waals surface area (Å²) in [5.41, 5.74) is 0.198. The van der Waals surface area contributed by atoms with Gasteiger partial charge < -0.3 is 20.2 Å². The molecule has 1 heterocycles. The lowest BCUT2D eigenvalue weighted by Crippen LogP contribution is -2.44. The molecule has 0 unspecified atom stereocenters. The van der Waals surface area contributed by atoms with E-state index in [2.05, 4.69) is 19.8 Å². The molecular weight excluding hydrogens is 639 g/mol. The normalized spacial score (nSPS) is 15.3. The molecule has 1 atom stereocenters. The van der Waals surface area contributed by atoms with Crippen LogP contribution in [0, 0.1) is 10.1 Å². The summed E-state index contributed by atoms with van der Waals surface area (Å²) in [5, 5.41) is 25.9. The zero-order valence-electron chi connectivity index (χ0n) is 27.2. The van der Waals surface area contributed by atoms with Gasteiger partial charge in [0.25, 0.3) is 21.6 Å². The Morgan fingerprint density at radius 2 is 1.74 bits per heavy atom. The summed E-state index contributed by atoms with van der Waals surface area (Å²) in [7, 11) is -0.373. The van der Waals surface area contributed by atoms with E-state index in [1.165, 1.54) is 12.1 Å². The zero-order valence-corrected chi connectivity index (χ0v) is 28.9. The largest absolute Gasteiger partial charge is 0.390 e. The smallest absolute Gasteiger partial charge is 0.293 e. The maximum absolute atomic E-state index is 13.2. The number of nitro groups is 1. The Hall–Kier alpha value is -3.65. The maximum atomic E-state index is 13.2. The van der Waals surface area contributed by atoms with E-state index in [0.717, 1.165) is 42.5 Å². The number of thioether (sulfide) groups is 1. The van der Waals surface area contributed by atoms with Crippen molar-refractivity contribution in [2.45, 2.75) is 66.9 Å². The maximum Gasteiger partial charge on any atom is 0.293 e. The minimum Gasteiger partial charge on any atom is -0.390 e. The molecule has 4 rings (SSSR count). The molecule has 0 saturated carbocycles. The van der Waals surface area contributed by atoms with Gasteiger partial charge in [-0.2, -0.15) is 0 Å². The molecule has 1 saturated heterocycles. The lowest BCUT2D eigenvalue weighted by Gasteiger charge is -2.38. The highest BCUT2D eigenvalue weighted by Gasteiger charge is 2.30. The van der Waals surface area contributed by atoms with Crippen LogP contribution in [0.2, 0.25) is 0 Å². The average molecular weight is 684 g/mol. The van der Waals surface area contributed by atoms with Gasteiger partial charge in [0.2, 0.25) is 0 Å². The van der Waals surface area contributed by atoms with Crippen LogP contribution in [-0.2, 0) is 10.0 Å². The van der Waals surface area contributed by atoms with E-state index in [1.807, 2.05) is 51.4 Å². The number of piperidine rings is 1. The molecule has 3 N–H and O–H groups in total. The number of sulfonamides is 1. The molecule has 1 fully saturated rings. The van der Waals surface area contributed by atoms with E-state index >= 15 is 0 Å². The predicted molar refractivity (Wildman–Crippen MR) is 188 cm³/mol. The Bertz CT molecular complexity index is 1590. The van der Waals surface area contributed by atoms with Crippen LogP contribution in [0.1, 0.15) is 55.8 Å². The highest BCUT2D eigenvalue weighted by molar-refractivity contribution is 7.99. The first-order chi connectivity index (χ1) is 22.4. The van der Waals surface area contributed by atoms with Crippen molar-refractivity contribution in [1.29, 1.82) is 0 Å². The van der Waals surface area contributed by atoms with Crippen LogP contribution >= 0.6 is 11.8 Å². The van der Waals surface area contributed by atoms with Crippen LogP contribution in [0.5, 0.6) is 0 Å². The van der Waals surface area contributed by atoms with E-state index in [-0.39, 0.29) is 27.9 Å². The molecule has 1 amide bonds. The van der Waals surface area contributed by atoms with Gasteiger partial charge in [-0.15, -0.1) is 11.8 Å². The third-order valence-corrected chi connectivity index (χ3v) is 11.0. The van der Waals surface area contributed by atoms with Crippen molar-refractivity contribution in [2.24, 2.45) is 0 Å². The summed E-state index contributed by atoms with van der Waals surface area (Å²) >= 11 is 1.65. The molecule has 11 nitrogen and oxygen atoms in total. The molecule has 3 aromatic carbocycles. The number of hydrogen-bond donors (Lipinski definition) is 3. The molecule has 0 spiro atoms. The van der Waals surface area contributed by atoms with Gasteiger partial charge in [0.1, 0.15) is 5.69 Å². The van der Waals surface area contributed by atoms with Gasteiger partial charge in [-0.05, 0) is 101 Å². The van der Waals surface area contributed by atoms with Crippen molar-refractivity contribution < 1.29 is 23.2 Å². The van der Waals surface area contributed by atoms with E-state index in [9.17, 15) is 28.4 Å². The Labute approximate surface area is 281 Å². The monoisotopic (exact) mass is 683 g/mol. The van der Waals surface area contributed by atoms with Crippen LogP contribution in [0.25, 0.3) is 0 Å². The Kier molecular flexibility index (Phi) is 12.7. The molecule has 3 aromatic rings. The molecule has 254 valence electrons. The number of nitrogens with one attached hydrogen (secondary N) is 2. The number of anilines is 2. The highest BCUT2D eigenvalue weighted by Crippen LogP contribution is 2.31. The molecule has 1 aliphatic heterocycles. The third-order valence-electron chi connectivity index (χ3n) is 8.51. The zero-order chi connectivity index (χ0) is 34.0. The van der Waals surface area contributed by atoms with Gasteiger partial charge in [0, 0.05) is 47.1 Å². The number of nitrogens with zero attached hydrogens (tertiary/aromatic N) is 3. The lowest BCUT2D eigenvalue weighted by molar-refractivity contribution is -0.384. The number of nitro benzene ring substituents is 1. The van der Waals surface area contributed by atoms with Crippen LogP contribution < -0.4 is 14.9 Å². The van der Waals surface area contributed by atoms with Crippen LogP contribution in [0.3, 0.4) is 0 Å². The standard InChI is InChI=1S/C34H45N5O6S2/c1-4-34(41)19-22-38(23-20-34)28-15-13-26(14-16-28)33(40)36-47(44,45)30-17-18-31(32(24-30)39(42)43)35-27(10-8-9-21-37(2)3)25-46-29-11-6-5-7-12-29/h5-7,11-18,24,27,35,41H,4,8-10,19-23,25H2,1-3H3,(H,36,40)/t27-/m1/s1. The van der Waals surface area contributed by atoms with E-state index in [4.69, 9.17) is 0 Å². The number of hydrogen-bond acceptors (Lipinski definition) is 10. The van der Waals surface area contributed by atoms with Gasteiger partial charge in [-0.3, -0.25) is 14.9 Å². The van der Waals surface area contributed by atoms with Crippen molar-refractivity contribution in [1.82, 2.24) is 9.62 Å². The van der Waals surface area contributed by atoms with Crippen molar-refractivity contribution in [2.75, 3.05) is 49.7 Å². The fourth-order valence-corrected chi connectivity index (χ4v) is 7.49. The van der Waals surface area contributed by atoms with Gasteiger partial charge in [0.05, 0.1) is 15.4 Å². The fourth-order valence-electron chi connectivity index (χ4n) is 5.50. The Morgan fingerprint density at radius 1 is 1.06 bits per heavy atom. The molecule has 0 radical (unpaired) electrons. The Morgan fingerprint density at radius 3 is 2.36 bits per heavy atom. The van der Waals surface area contributed by atoms with Crippen molar-refractivity contribution >= 4 is 44.8 Å². The SMILES string of the molecule is CCC1(O)CCN(c2ccc(C(=O)NS(=O)(=O)c3ccc(N[C@H](CCCCN(C)C)CSc4ccccc4)c([N+](=O)[O-])c3)cc2)CC1. The minimum absolute atomic E-state index is 0.103.